The Bertz CT molecular complexity index is 199. The van der Waals surface area contributed by atoms with E-state index in [1.807, 2.05) is 0 Å². The first-order valence-corrected chi connectivity index (χ1v) is 7.21. The van der Waals surface area contributed by atoms with Gasteiger partial charge in [-0.15, -0.1) is 0 Å². The maximum atomic E-state index is 9.24. The van der Waals surface area contributed by atoms with Gasteiger partial charge >= 0.3 is 0 Å². The first-order valence-electron chi connectivity index (χ1n) is 7.21. The van der Waals surface area contributed by atoms with Crippen LogP contribution in [0.2, 0.25) is 0 Å². The van der Waals surface area contributed by atoms with Crippen LogP contribution >= 0.6 is 0 Å². The highest BCUT2D eigenvalue weighted by Gasteiger charge is 2.22. The smallest absolute Gasteiger partial charge is 0.0585 e. The van der Waals surface area contributed by atoms with Crippen LogP contribution in [0, 0.1) is 5.92 Å². The van der Waals surface area contributed by atoms with Crippen LogP contribution in [-0.4, -0.2) is 48.8 Å². The van der Waals surface area contributed by atoms with Crippen LogP contribution in [0.25, 0.3) is 0 Å². The Kier molecular flexibility index (Phi) is 7.09. The van der Waals surface area contributed by atoms with Crippen molar-refractivity contribution >= 4 is 0 Å². The summed E-state index contributed by atoms with van der Waals surface area (Å²) >= 11 is 0. The fraction of sp³-hybridized carbons (Fsp3) is 1.00. The summed E-state index contributed by atoms with van der Waals surface area (Å²) < 4.78 is 0. The molecule has 0 aromatic rings. The minimum Gasteiger partial charge on any atom is -0.395 e. The highest BCUT2D eigenvalue weighted by Crippen LogP contribution is 2.26. The highest BCUT2D eigenvalue weighted by molar-refractivity contribution is 4.78. The molecule has 3 nitrogen and oxygen atoms in total. The number of nitrogens with one attached hydrogen (secondary N) is 1. The molecule has 0 aromatic heterocycles. The second-order valence-corrected chi connectivity index (χ2v) is 5.63. The number of likely N-dealkylation sites (N-methyl/N-ethyl adjacent to an activating group) is 1. The van der Waals surface area contributed by atoms with E-state index >= 15 is 0 Å². The maximum Gasteiger partial charge on any atom is 0.0585 e. The maximum absolute atomic E-state index is 9.24. The van der Waals surface area contributed by atoms with Crippen LogP contribution in [0.15, 0.2) is 0 Å². The first-order chi connectivity index (χ1) is 8.17. The zero-order chi connectivity index (χ0) is 12.7. The van der Waals surface area contributed by atoms with E-state index in [4.69, 9.17) is 0 Å². The molecule has 0 saturated heterocycles. The van der Waals surface area contributed by atoms with Crippen molar-refractivity contribution in [1.29, 1.82) is 0 Å². The summed E-state index contributed by atoms with van der Waals surface area (Å²) in [6.45, 7) is 6.75. The van der Waals surface area contributed by atoms with Crippen molar-refractivity contribution in [3.63, 3.8) is 0 Å². The summed E-state index contributed by atoms with van der Waals surface area (Å²) in [6.07, 6.45) is 6.53. The summed E-state index contributed by atoms with van der Waals surface area (Å²) in [5.41, 5.74) is 0. The summed E-state index contributed by atoms with van der Waals surface area (Å²) in [7, 11) is 2.24. The lowest BCUT2D eigenvalue weighted by Crippen LogP contribution is -2.40. The van der Waals surface area contributed by atoms with Gasteiger partial charge in [-0.3, -0.25) is 0 Å². The summed E-state index contributed by atoms with van der Waals surface area (Å²) in [6, 6.07) is 1.03. The standard InChI is InChI=1S/C14H30N2O/c1-4-15-13(11-17)8-9-16(3)14-7-5-6-12(2)10-14/h12-15,17H,4-11H2,1-3H3. The Morgan fingerprint density at radius 1 is 1.41 bits per heavy atom. The molecule has 0 spiro atoms. The summed E-state index contributed by atoms with van der Waals surface area (Å²) in [5.74, 6) is 0.888. The SMILES string of the molecule is CCNC(CO)CCN(C)C1CCCC(C)C1. The molecule has 0 aliphatic heterocycles. The Hall–Kier alpha value is -0.120. The first kappa shape index (κ1) is 14.9. The lowest BCUT2D eigenvalue weighted by atomic mass is 9.86. The zero-order valence-corrected chi connectivity index (χ0v) is 11.8. The van der Waals surface area contributed by atoms with E-state index < -0.39 is 0 Å². The van der Waals surface area contributed by atoms with Gasteiger partial charge in [-0.25, -0.2) is 0 Å². The number of hydrogen-bond donors (Lipinski definition) is 2. The number of aliphatic hydroxyl groups is 1. The third-order valence-electron chi connectivity index (χ3n) is 4.08. The van der Waals surface area contributed by atoms with Gasteiger partial charge in [0, 0.05) is 12.1 Å². The molecule has 1 aliphatic rings. The van der Waals surface area contributed by atoms with E-state index in [2.05, 4.69) is 31.1 Å². The molecule has 3 heteroatoms. The molecule has 1 aliphatic carbocycles. The second kappa shape index (κ2) is 8.06. The second-order valence-electron chi connectivity index (χ2n) is 5.63. The molecule has 1 saturated carbocycles. The zero-order valence-electron chi connectivity index (χ0n) is 11.8. The molecule has 0 heterocycles. The molecule has 0 radical (unpaired) electrons. The van der Waals surface area contributed by atoms with Crippen molar-refractivity contribution in [3.05, 3.63) is 0 Å². The molecule has 3 atom stereocenters. The molecule has 0 aromatic carbocycles. The normalized spacial score (nSPS) is 27.4. The van der Waals surface area contributed by atoms with Crippen LogP contribution in [0.3, 0.4) is 0 Å². The van der Waals surface area contributed by atoms with Gasteiger partial charge < -0.3 is 15.3 Å². The minimum absolute atomic E-state index is 0.253. The Morgan fingerprint density at radius 2 is 2.18 bits per heavy atom. The van der Waals surface area contributed by atoms with Crippen molar-refractivity contribution < 1.29 is 5.11 Å². The van der Waals surface area contributed by atoms with Gasteiger partial charge in [-0.1, -0.05) is 26.7 Å². The van der Waals surface area contributed by atoms with Gasteiger partial charge in [0.05, 0.1) is 6.61 Å². The number of aliphatic hydroxyl groups excluding tert-OH is 1. The van der Waals surface area contributed by atoms with E-state index in [1.165, 1.54) is 25.7 Å². The third-order valence-corrected chi connectivity index (χ3v) is 4.08. The predicted octanol–water partition coefficient (Wildman–Crippen LogP) is 1.86. The Balaban J connectivity index is 2.25. The van der Waals surface area contributed by atoms with Crippen LogP contribution in [-0.2, 0) is 0 Å². The van der Waals surface area contributed by atoms with Crippen molar-refractivity contribution in [2.45, 2.75) is 58.0 Å². The summed E-state index contributed by atoms with van der Waals surface area (Å²) in [5, 5.41) is 12.6. The number of rotatable bonds is 7. The van der Waals surface area contributed by atoms with Gasteiger partial charge in [-0.05, 0) is 45.3 Å². The minimum atomic E-state index is 0.253. The van der Waals surface area contributed by atoms with Crippen molar-refractivity contribution in [1.82, 2.24) is 10.2 Å². The van der Waals surface area contributed by atoms with Crippen LogP contribution in [0.5, 0.6) is 0 Å². The lowest BCUT2D eigenvalue weighted by Gasteiger charge is -2.34. The van der Waals surface area contributed by atoms with Crippen LogP contribution < -0.4 is 5.32 Å². The quantitative estimate of drug-likeness (QED) is 0.715. The molecule has 2 N–H and O–H groups in total. The van der Waals surface area contributed by atoms with Gasteiger partial charge in [0.1, 0.15) is 0 Å². The molecule has 0 bridgehead atoms. The van der Waals surface area contributed by atoms with Gasteiger partial charge in [0.25, 0.3) is 0 Å². The van der Waals surface area contributed by atoms with Gasteiger partial charge in [0.2, 0.25) is 0 Å². The van der Waals surface area contributed by atoms with E-state index in [9.17, 15) is 5.11 Å². The molecule has 102 valence electrons. The average Bonchev–Trinajstić information content (AvgIpc) is 2.34. The van der Waals surface area contributed by atoms with Gasteiger partial charge in [-0.2, -0.15) is 0 Å². The van der Waals surface area contributed by atoms with Crippen molar-refractivity contribution in [3.8, 4) is 0 Å². The Morgan fingerprint density at radius 3 is 2.76 bits per heavy atom. The van der Waals surface area contributed by atoms with Gasteiger partial charge in [0.15, 0.2) is 0 Å². The van der Waals surface area contributed by atoms with E-state index in [0.29, 0.717) is 0 Å². The molecule has 17 heavy (non-hydrogen) atoms. The van der Waals surface area contributed by atoms with Crippen molar-refractivity contribution in [2.24, 2.45) is 5.92 Å². The topological polar surface area (TPSA) is 35.5 Å². The number of nitrogens with zero attached hydrogens (tertiary/aromatic N) is 1. The van der Waals surface area contributed by atoms with E-state index in [1.54, 1.807) is 0 Å². The third kappa shape index (κ3) is 5.36. The van der Waals surface area contributed by atoms with Crippen LogP contribution in [0.1, 0.15) is 46.0 Å². The molecular formula is C14H30N2O. The fourth-order valence-corrected chi connectivity index (χ4v) is 2.89. The average molecular weight is 242 g/mol. The Labute approximate surface area is 107 Å². The highest BCUT2D eigenvalue weighted by atomic mass is 16.3. The van der Waals surface area contributed by atoms with E-state index in [0.717, 1.165) is 31.5 Å². The predicted molar refractivity (Wildman–Crippen MR) is 73.2 cm³/mol. The van der Waals surface area contributed by atoms with E-state index in [-0.39, 0.29) is 12.6 Å². The number of hydrogen-bond acceptors (Lipinski definition) is 3. The molecule has 1 rings (SSSR count). The summed E-state index contributed by atoms with van der Waals surface area (Å²) in [4.78, 5) is 2.50. The monoisotopic (exact) mass is 242 g/mol. The molecule has 1 fully saturated rings. The largest absolute Gasteiger partial charge is 0.395 e. The van der Waals surface area contributed by atoms with Crippen molar-refractivity contribution in [2.75, 3.05) is 26.7 Å². The van der Waals surface area contributed by atoms with Crippen LogP contribution in [0.4, 0.5) is 0 Å². The lowest BCUT2D eigenvalue weighted by molar-refractivity contribution is 0.149. The molecule has 3 unspecified atom stereocenters. The molecular weight excluding hydrogens is 212 g/mol. The molecule has 0 amide bonds. The fourth-order valence-electron chi connectivity index (χ4n) is 2.89.